The van der Waals surface area contributed by atoms with Crippen LogP contribution in [0.25, 0.3) is 6.08 Å². The van der Waals surface area contributed by atoms with Gasteiger partial charge in [0.2, 0.25) is 5.89 Å². The van der Waals surface area contributed by atoms with Gasteiger partial charge in [-0.25, -0.2) is 4.79 Å². The van der Waals surface area contributed by atoms with Crippen LogP contribution in [0.1, 0.15) is 25.3 Å². The van der Waals surface area contributed by atoms with Gasteiger partial charge in [0.05, 0.1) is 0 Å². The molecule has 1 heterocycles. The first-order valence-corrected chi connectivity index (χ1v) is 8.25. The highest BCUT2D eigenvalue weighted by molar-refractivity contribution is 8.03. The molecule has 1 aromatic heterocycles. The molecular formula is C16H18N3O4S-. The normalized spacial score (nSPS) is 11.5. The van der Waals surface area contributed by atoms with Gasteiger partial charge in [-0.2, -0.15) is 0 Å². The highest BCUT2D eigenvalue weighted by Gasteiger charge is 2.14. The molecule has 0 bridgehead atoms. The van der Waals surface area contributed by atoms with Gasteiger partial charge in [0, 0.05) is 25.7 Å². The fourth-order valence-electron chi connectivity index (χ4n) is 2.12. The molecule has 24 heavy (non-hydrogen) atoms. The van der Waals surface area contributed by atoms with Crippen molar-refractivity contribution in [1.82, 2.24) is 10.2 Å². The zero-order valence-corrected chi connectivity index (χ0v) is 14.5. The molecule has 0 amide bonds. The van der Waals surface area contributed by atoms with Crippen LogP contribution in [-0.2, 0) is 4.79 Å². The van der Waals surface area contributed by atoms with Crippen LogP contribution in [0.2, 0.25) is 0 Å². The molecule has 2 aromatic rings. The lowest BCUT2D eigenvalue weighted by atomic mass is 10.1. The maximum Gasteiger partial charge on any atom is 0.342 e. The molecule has 0 saturated heterocycles. The average molecular weight is 348 g/mol. The Morgan fingerprint density at radius 3 is 2.58 bits per heavy atom. The van der Waals surface area contributed by atoms with Crippen LogP contribution in [0.15, 0.2) is 32.7 Å². The number of hydrogen-bond donors (Lipinski definition) is 1. The standard InChI is InChI=1S/C16H19N3O4S/c1-4-19(5-2)12-7-6-11(13(20)9-12)8-14(15(21)22)24-16-18-17-10(3)23-16/h6-9,20H,4-5H2,1-3H3,(H,21,22)/p-1/b14-8-. The smallest absolute Gasteiger partial charge is 0.342 e. The molecule has 0 saturated carbocycles. The van der Waals surface area contributed by atoms with Crippen LogP contribution in [0, 0.1) is 6.92 Å². The predicted octanol–water partition coefficient (Wildman–Crippen LogP) is 2.52. The molecule has 0 spiro atoms. The second-order valence-corrected chi connectivity index (χ2v) is 5.89. The third-order valence-electron chi connectivity index (χ3n) is 3.33. The van der Waals surface area contributed by atoms with Crippen molar-refractivity contribution >= 4 is 29.5 Å². The number of nitrogens with zero attached hydrogens (tertiary/aromatic N) is 3. The van der Waals surface area contributed by atoms with E-state index in [1.54, 1.807) is 19.1 Å². The molecule has 1 N–H and O–H groups in total. The number of anilines is 1. The lowest BCUT2D eigenvalue weighted by molar-refractivity contribution is -0.268. The maximum absolute atomic E-state index is 12.3. The number of hydrogen-bond acceptors (Lipinski definition) is 7. The first-order valence-electron chi connectivity index (χ1n) is 7.43. The first-order chi connectivity index (χ1) is 11.4. The monoisotopic (exact) mass is 348 g/mol. The van der Waals surface area contributed by atoms with Gasteiger partial charge < -0.3 is 19.5 Å². The Morgan fingerprint density at radius 2 is 2.08 bits per heavy atom. The van der Waals surface area contributed by atoms with Crippen molar-refractivity contribution in [3.8, 4) is 5.75 Å². The Labute approximate surface area is 144 Å². The second kappa shape index (κ2) is 7.87. The van der Waals surface area contributed by atoms with Gasteiger partial charge in [-0.3, -0.25) is 0 Å². The van der Waals surface area contributed by atoms with E-state index in [1.807, 2.05) is 18.7 Å². The van der Waals surface area contributed by atoms with E-state index in [9.17, 15) is 15.0 Å². The largest absolute Gasteiger partial charge is 0.872 e. The Balaban J connectivity index is 2.30. The molecule has 0 aliphatic carbocycles. The maximum atomic E-state index is 12.3. The minimum absolute atomic E-state index is 0.0636. The van der Waals surface area contributed by atoms with Crippen molar-refractivity contribution in [2.45, 2.75) is 26.0 Å². The van der Waals surface area contributed by atoms with Gasteiger partial charge >= 0.3 is 5.97 Å². The number of benzene rings is 1. The highest BCUT2D eigenvalue weighted by atomic mass is 32.2. The lowest BCUT2D eigenvalue weighted by Crippen LogP contribution is -2.21. The fraction of sp³-hybridized carbons (Fsp3) is 0.312. The topological polar surface area (TPSA) is 103 Å². The molecule has 0 unspecified atom stereocenters. The number of thioether (sulfide) groups is 1. The Hall–Kier alpha value is -2.48. The van der Waals surface area contributed by atoms with Gasteiger partial charge in [0.1, 0.15) is 4.91 Å². The number of aryl methyl sites for hydroxylation is 1. The number of aromatic nitrogens is 2. The number of carboxylic acids is 1. The van der Waals surface area contributed by atoms with Crippen molar-refractivity contribution in [3.05, 3.63) is 34.6 Å². The zero-order valence-electron chi connectivity index (χ0n) is 13.6. The van der Waals surface area contributed by atoms with Crippen LogP contribution < -0.4 is 10.0 Å². The Kier molecular flexibility index (Phi) is 5.86. The third kappa shape index (κ3) is 4.29. The summed E-state index contributed by atoms with van der Waals surface area (Å²) in [5.41, 5.74) is 1.12. The summed E-state index contributed by atoms with van der Waals surface area (Å²) in [6, 6.07) is 4.94. The summed E-state index contributed by atoms with van der Waals surface area (Å²) >= 11 is 0.813. The van der Waals surface area contributed by atoms with E-state index < -0.39 is 5.97 Å². The number of aliphatic carboxylic acids is 1. The molecule has 0 atom stereocenters. The van der Waals surface area contributed by atoms with E-state index in [1.165, 1.54) is 12.1 Å². The van der Waals surface area contributed by atoms with Crippen LogP contribution >= 0.6 is 11.8 Å². The van der Waals surface area contributed by atoms with E-state index in [2.05, 4.69) is 10.2 Å². The quantitative estimate of drug-likeness (QED) is 0.601. The molecule has 7 nitrogen and oxygen atoms in total. The third-order valence-corrected chi connectivity index (χ3v) is 4.18. The van der Waals surface area contributed by atoms with E-state index in [0.29, 0.717) is 11.5 Å². The Morgan fingerprint density at radius 1 is 1.38 bits per heavy atom. The van der Waals surface area contributed by atoms with Gasteiger partial charge in [0.15, 0.2) is 0 Å². The molecule has 8 heteroatoms. The van der Waals surface area contributed by atoms with Crippen molar-refractivity contribution < 1.29 is 19.4 Å². The first kappa shape index (κ1) is 17.9. The van der Waals surface area contributed by atoms with Gasteiger partial charge in [-0.1, -0.05) is 11.8 Å². The number of carboxylic acid groups (broad SMARTS) is 1. The molecule has 0 aliphatic rings. The van der Waals surface area contributed by atoms with E-state index >= 15 is 0 Å². The van der Waals surface area contributed by atoms with Crippen molar-refractivity contribution in [2.75, 3.05) is 18.0 Å². The van der Waals surface area contributed by atoms with Crippen molar-refractivity contribution in [3.63, 3.8) is 0 Å². The SMILES string of the molecule is CCN(CC)c1ccc(/C=C(\Sc2nnc(C)o2)C(=O)O)c([O-])c1. The second-order valence-electron chi connectivity index (χ2n) is 4.90. The van der Waals surface area contributed by atoms with E-state index in [4.69, 9.17) is 4.42 Å². The Bertz CT molecular complexity index is 754. The van der Waals surface area contributed by atoms with Gasteiger partial charge in [-0.05, 0) is 49.4 Å². The van der Waals surface area contributed by atoms with Crippen LogP contribution in [-0.4, -0.2) is 34.4 Å². The van der Waals surface area contributed by atoms with Crippen LogP contribution in [0.3, 0.4) is 0 Å². The summed E-state index contributed by atoms with van der Waals surface area (Å²) in [5.74, 6) is -1.06. The van der Waals surface area contributed by atoms with Crippen molar-refractivity contribution in [2.24, 2.45) is 0 Å². The van der Waals surface area contributed by atoms with E-state index in [-0.39, 0.29) is 15.9 Å². The van der Waals surface area contributed by atoms with Gasteiger partial charge in [0.25, 0.3) is 5.22 Å². The minimum atomic E-state index is -1.16. The molecular weight excluding hydrogens is 330 g/mol. The zero-order chi connectivity index (χ0) is 17.7. The molecule has 1 aromatic carbocycles. The summed E-state index contributed by atoms with van der Waals surface area (Å²) < 4.78 is 5.16. The molecule has 128 valence electrons. The minimum Gasteiger partial charge on any atom is -0.872 e. The van der Waals surface area contributed by atoms with Crippen LogP contribution in [0.5, 0.6) is 5.75 Å². The summed E-state index contributed by atoms with van der Waals surface area (Å²) in [7, 11) is 0. The molecule has 2 rings (SSSR count). The van der Waals surface area contributed by atoms with Crippen molar-refractivity contribution in [1.29, 1.82) is 0 Å². The van der Waals surface area contributed by atoms with E-state index in [0.717, 1.165) is 30.5 Å². The molecule has 0 radical (unpaired) electrons. The summed E-state index contributed by atoms with van der Waals surface area (Å²) in [5, 5.41) is 29.1. The summed E-state index contributed by atoms with van der Waals surface area (Å²) in [6.07, 6.45) is 1.32. The lowest BCUT2D eigenvalue weighted by Gasteiger charge is -2.23. The molecule has 0 aliphatic heterocycles. The number of rotatable bonds is 7. The average Bonchev–Trinajstić information content (AvgIpc) is 2.95. The fourth-order valence-corrected chi connectivity index (χ4v) is 2.82. The summed E-state index contributed by atoms with van der Waals surface area (Å²) in [4.78, 5) is 13.4. The summed E-state index contributed by atoms with van der Waals surface area (Å²) in [6.45, 7) is 7.21. The van der Waals surface area contributed by atoms with Crippen LogP contribution in [0.4, 0.5) is 5.69 Å². The van der Waals surface area contributed by atoms with Gasteiger partial charge in [-0.15, -0.1) is 10.2 Å². The predicted molar refractivity (Wildman–Crippen MR) is 90.0 cm³/mol. The highest BCUT2D eigenvalue weighted by Crippen LogP contribution is 2.30. The number of carbonyl (C=O) groups is 1. The molecule has 0 fully saturated rings.